The van der Waals surface area contributed by atoms with Gasteiger partial charge in [-0.25, -0.2) is 0 Å². The summed E-state index contributed by atoms with van der Waals surface area (Å²) in [5, 5.41) is 3.52. The van der Waals surface area contributed by atoms with Crippen molar-refractivity contribution in [2.24, 2.45) is 0 Å². The Hall–Kier alpha value is -0.770. The summed E-state index contributed by atoms with van der Waals surface area (Å²) in [5.41, 5.74) is 2.89. The lowest BCUT2D eigenvalue weighted by Crippen LogP contribution is -2.34. The van der Waals surface area contributed by atoms with Crippen molar-refractivity contribution in [2.45, 2.75) is 23.3 Å². The van der Waals surface area contributed by atoms with Gasteiger partial charge in [0.15, 0.2) is 0 Å². The molecule has 0 amide bonds. The molecule has 0 spiro atoms. The zero-order chi connectivity index (χ0) is 13.9. The van der Waals surface area contributed by atoms with E-state index in [9.17, 15) is 0 Å². The van der Waals surface area contributed by atoms with Crippen LogP contribution in [0.25, 0.3) is 0 Å². The monoisotopic (exact) mass is 347 g/mol. The summed E-state index contributed by atoms with van der Waals surface area (Å²) >= 11 is 5.54. The third-order valence-corrected chi connectivity index (χ3v) is 5.64. The summed E-state index contributed by atoms with van der Waals surface area (Å²) in [6.07, 6.45) is 1.06. The van der Waals surface area contributed by atoms with Crippen molar-refractivity contribution >= 4 is 27.7 Å². The molecule has 0 aromatic heterocycles. The van der Waals surface area contributed by atoms with Crippen LogP contribution in [0.5, 0.6) is 0 Å². The lowest BCUT2D eigenvalue weighted by Gasteiger charge is -2.23. The van der Waals surface area contributed by atoms with Gasteiger partial charge in [0, 0.05) is 27.1 Å². The van der Waals surface area contributed by atoms with E-state index in [1.165, 1.54) is 21.8 Å². The highest BCUT2D eigenvalue weighted by molar-refractivity contribution is 9.10. The second-order valence-corrected chi connectivity index (χ2v) is 7.16. The second-order valence-electron chi connectivity index (χ2n) is 5.18. The van der Waals surface area contributed by atoms with Crippen molar-refractivity contribution in [1.82, 2.24) is 5.32 Å². The van der Waals surface area contributed by atoms with Gasteiger partial charge in [-0.05, 0) is 42.8 Å². The maximum absolute atomic E-state index is 3.56. The average molecular weight is 348 g/mol. The number of hydrogen-bond acceptors (Lipinski definition) is 2. The predicted octanol–water partition coefficient (Wildman–Crippen LogP) is 4.47. The first-order valence-corrected chi connectivity index (χ1v) is 8.69. The first-order chi connectivity index (χ1) is 9.78. The Morgan fingerprint density at radius 2 is 2.10 bits per heavy atom. The fraction of sp³-hybridized carbons (Fsp3) is 0.294. The summed E-state index contributed by atoms with van der Waals surface area (Å²) in [7, 11) is 2.08. The molecule has 0 bridgehead atoms. The predicted molar refractivity (Wildman–Crippen MR) is 90.6 cm³/mol. The molecule has 0 fully saturated rings. The maximum atomic E-state index is 3.56. The van der Waals surface area contributed by atoms with E-state index in [-0.39, 0.29) is 0 Å². The topological polar surface area (TPSA) is 12.0 Å². The SMILES string of the molecule is CNC(Cc1cccc(Br)c1)C1CSc2ccccc21. The molecule has 2 aromatic rings. The van der Waals surface area contributed by atoms with E-state index >= 15 is 0 Å². The van der Waals surface area contributed by atoms with Crippen molar-refractivity contribution in [3.05, 3.63) is 64.1 Å². The molecule has 0 radical (unpaired) electrons. The molecule has 1 aliphatic heterocycles. The number of likely N-dealkylation sites (N-methyl/N-ethyl adjacent to an activating group) is 1. The highest BCUT2D eigenvalue weighted by atomic mass is 79.9. The summed E-state index contributed by atoms with van der Waals surface area (Å²) in [6, 6.07) is 17.9. The Bertz CT molecular complexity index is 599. The number of halogens is 1. The molecule has 3 rings (SSSR count). The van der Waals surface area contributed by atoms with Gasteiger partial charge in [0.1, 0.15) is 0 Å². The number of rotatable bonds is 4. The van der Waals surface area contributed by atoms with E-state index in [1.807, 2.05) is 11.8 Å². The van der Waals surface area contributed by atoms with Crippen LogP contribution < -0.4 is 5.32 Å². The van der Waals surface area contributed by atoms with E-state index in [1.54, 1.807) is 0 Å². The van der Waals surface area contributed by atoms with Crippen LogP contribution in [0.2, 0.25) is 0 Å². The molecule has 0 saturated carbocycles. The smallest absolute Gasteiger partial charge is 0.0182 e. The van der Waals surface area contributed by atoms with E-state index in [2.05, 4.69) is 76.8 Å². The highest BCUT2D eigenvalue weighted by Gasteiger charge is 2.29. The number of fused-ring (bicyclic) bond motifs is 1. The fourth-order valence-electron chi connectivity index (χ4n) is 2.88. The average Bonchev–Trinajstić information content (AvgIpc) is 2.89. The Morgan fingerprint density at radius 3 is 2.90 bits per heavy atom. The number of benzene rings is 2. The summed E-state index contributed by atoms with van der Waals surface area (Å²) in [4.78, 5) is 1.45. The van der Waals surface area contributed by atoms with Crippen LogP contribution in [0, 0.1) is 0 Å². The van der Waals surface area contributed by atoms with Crippen LogP contribution in [0.1, 0.15) is 17.0 Å². The van der Waals surface area contributed by atoms with Crippen molar-refractivity contribution in [3.8, 4) is 0 Å². The van der Waals surface area contributed by atoms with Gasteiger partial charge < -0.3 is 5.32 Å². The molecule has 0 saturated heterocycles. The van der Waals surface area contributed by atoms with Gasteiger partial charge >= 0.3 is 0 Å². The highest BCUT2D eigenvalue weighted by Crippen LogP contribution is 2.41. The van der Waals surface area contributed by atoms with Gasteiger partial charge in [0.25, 0.3) is 0 Å². The standard InChI is InChI=1S/C17H18BrNS/c1-19-16(10-12-5-4-6-13(18)9-12)15-11-20-17-8-3-2-7-14(15)17/h2-9,15-16,19H,10-11H2,1H3. The first kappa shape index (κ1) is 14.2. The molecule has 1 aliphatic rings. The molecule has 2 atom stereocenters. The lowest BCUT2D eigenvalue weighted by molar-refractivity contribution is 0.489. The van der Waals surface area contributed by atoms with Gasteiger partial charge in [0.2, 0.25) is 0 Å². The molecule has 104 valence electrons. The molecule has 1 N–H and O–H groups in total. The quantitative estimate of drug-likeness (QED) is 0.875. The fourth-order valence-corrected chi connectivity index (χ4v) is 4.66. The van der Waals surface area contributed by atoms with Crippen LogP contribution in [-0.4, -0.2) is 18.8 Å². The summed E-state index contributed by atoms with van der Waals surface area (Å²) in [6.45, 7) is 0. The van der Waals surface area contributed by atoms with Gasteiger partial charge in [-0.2, -0.15) is 0 Å². The lowest BCUT2D eigenvalue weighted by atomic mass is 9.89. The zero-order valence-electron chi connectivity index (χ0n) is 11.5. The summed E-state index contributed by atoms with van der Waals surface area (Å²) in [5.74, 6) is 1.78. The molecule has 20 heavy (non-hydrogen) atoms. The number of nitrogens with one attached hydrogen (secondary N) is 1. The third-order valence-electron chi connectivity index (χ3n) is 3.94. The number of hydrogen-bond donors (Lipinski definition) is 1. The van der Waals surface area contributed by atoms with Gasteiger partial charge in [-0.15, -0.1) is 11.8 Å². The van der Waals surface area contributed by atoms with Crippen LogP contribution in [0.3, 0.4) is 0 Å². The molecule has 1 nitrogen and oxygen atoms in total. The Labute approximate surface area is 133 Å². The minimum Gasteiger partial charge on any atom is -0.316 e. The largest absolute Gasteiger partial charge is 0.316 e. The Morgan fingerprint density at radius 1 is 1.25 bits per heavy atom. The van der Waals surface area contributed by atoms with E-state index in [0.29, 0.717) is 12.0 Å². The van der Waals surface area contributed by atoms with Crippen LogP contribution >= 0.6 is 27.7 Å². The van der Waals surface area contributed by atoms with E-state index in [0.717, 1.165) is 10.9 Å². The Kier molecular flexibility index (Phi) is 4.49. The van der Waals surface area contributed by atoms with Crippen LogP contribution in [0.4, 0.5) is 0 Å². The molecule has 2 aromatic carbocycles. The molecule has 2 unspecified atom stereocenters. The van der Waals surface area contributed by atoms with Gasteiger partial charge in [0.05, 0.1) is 0 Å². The Balaban J connectivity index is 1.81. The van der Waals surface area contributed by atoms with Crippen LogP contribution in [0.15, 0.2) is 57.9 Å². The van der Waals surface area contributed by atoms with E-state index < -0.39 is 0 Å². The van der Waals surface area contributed by atoms with Gasteiger partial charge in [-0.3, -0.25) is 0 Å². The normalized spacial score (nSPS) is 18.8. The second kappa shape index (κ2) is 6.33. The van der Waals surface area contributed by atoms with E-state index in [4.69, 9.17) is 0 Å². The zero-order valence-corrected chi connectivity index (χ0v) is 13.9. The molecule has 3 heteroatoms. The summed E-state index contributed by atoms with van der Waals surface area (Å²) < 4.78 is 1.16. The van der Waals surface area contributed by atoms with Crippen molar-refractivity contribution in [3.63, 3.8) is 0 Å². The number of thioether (sulfide) groups is 1. The van der Waals surface area contributed by atoms with Crippen molar-refractivity contribution in [1.29, 1.82) is 0 Å². The molecular weight excluding hydrogens is 330 g/mol. The molecule has 0 aliphatic carbocycles. The molecular formula is C17H18BrNS. The third kappa shape index (κ3) is 2.95. The maximum Gasteiger partial charge on any atom is 0.0182 e. The molecule has 1 heterocycles. The first-order valence-electron chi connectivity index (χ1n) is 6.91. The van der Waals surface area contributed by atoms with Crippen molar-refractivity contribution in [2.75, 3.05) is 12.8 Å². The van der Waals surface area contributed by atoms with Gasteiger partial charge in [-0.1, -0.05) is 46.3 Å². The van der Waals surface area contributed by atoms with Crippen LogP contribution in [-0.2, 0) is 6.42 Å². The minimum absolute atomic E-state index is 0.487. The van der Waals surface area contributed by atoms with Crippen molar-refractivity contribution < 1.29 is 0 Å². The minimum atomic E-state index is 0.487.